The van der Waals surface area contributed by atoms with E-state index in [0.29, 0.717) is 12.1 Å². The van der Waals surface area contributed by atoms with Crippen molar-refractivity contribution in [2.45, 2.75) is 44.7 Å². The Morgan fingerprint density at radius 1 is 1.31 bits per heavy atom. The number of piperidine rings is 1. The Hall–Kier alpha value is -0.570. The predicted molar refractivity (Wildman–Crippen MR) is 51.4 cm³/mol. The summed E-state index contributed by atoms with van der Waals surface area (Å²) >= 11 is 0. The molecule has 0 spiro atoms. The van der Waals surface area contributed by atoms with Gasteiger partial charge in [-0.2, -0.15) is 0 Å². The van der Waals surface area contributed by atoms with E-state index in [1.165, 1.54) is 12.8 Å². The first kappa shape index (κ1) is 9.00. The zero-order valence-electron chi connectivity index (χ0n) is 8.18. The maximum atomic E-state index is 11.6. The normalized spacial score (nSPS) is 34.2. The van der Waals surface area contributed by atoms with Gasteiger partial charge in [0, 0.05) is 18.6 Å². The van der Waals surface area contributed by atoms with Gasteiger partial charge in [0.1, 0.15) is 0 Å². The van der Waals surface area contributed by atoms with Crippen molar-refractivity contribution in [2.24, 2.45) is 5.92 Å². The maximum Gasteiger partial charge on any atom is 0.224 e. The van der Waals surface area contributed by atoms with Crippen molar-refractivity contribution in [1.29, 1.82) is 0 Å². The molecular weight excluding hydrogens is 164 g/mol. The average Bonchev–Trinajstić information content (AvgIpc) is 2.89. The second-order valence-electron chi connectivity index (χ2n) is 4.37. The molecular formula is C10H18N2O. The first-order valence-corrected chi connectivity index (χ1v) is 5.29. The molecule has 0 radical (unpaired) electrons. The molecule has 0 aromatic carbocycles. The van der Waals surface area contributed by atoms with E-state index in [1.807, 2.05) is 0 Å². The number of hydrogen-bond acceptors (Lipinski definition) is 2. The second kappa shape index (κ2) is 3.66. The third-order valence-electron chi connectivity index (χ3n) is 2.96. The van der Waals surface area contributed by atoms with Crippen LogP contribution in [0.3, 0.4) is 0 Å². The molecule has 0 unspecified atom stereocenters. The van der Waals surface area contributed by atoms with Gasteiger partial charge in [-0.3, -0.25) is 4.79 Å². The highest BCUT2D eigenvalue weighted by atomic mass is 16.2. The van der Waals surface area contributed by atoms with Crippen LogP contribution in [0, 0.1) is 5.92 Å². The third-order valence-corrected chi connectivity index (χ3v) is 2.96. The molecule has 13 heavy (non-hydrogen) atoms. The Bertz CT molecular complexity index is 193. The molecule has 3 heteroatoms. The minimum Gasteiger partial charge on any atom is -0.353 e. The third kappa shape index (κ3) is 2.44. The van der Waals surface area contributed by atoms with E-state index in [4.69, 9.17) is 0 Å². The summed E-state index contributed by atoms with van der Waals surface area (Å²) in [5.74, 6) is 0.485. The minimum atomic E-state index is 0.219. The van der Waals surface area contributed by atoms with Gasteiger partial charge >= 0.3 is 0 Å². The fraction of sp³-hybridized carbons (Fsp3) is 0.900. The van der Waals surface area contributed by atoms with Crippen LogP contribution in [-0.4, -0.2) is 24.5 Å². The molecule has 1 amide bonds. The molecule has 2 fully saturated rings. The Morgan fingerprint density at radius 2 is 2.08 bits per heavy atom. The van der Waals surface area contributed by atoms with Crippen LogP contribution in [0.1, 0.15) is 32.6 Å². The summed E-state index contributed by atoms with van der Waals surface area (Å²) in [6.45, 7) is 3.04. The Labute approximate surface area is 79.3 Å². The summed E-state index contributed by atoms with van der Waals surface area (Å²) in [5, 5.41) is 6.41. The zero-order chi connectivity index (χ0) is 9.26. The molecule has 2 N–H and O–H groups in total. The molecule has 2 atom stereocenters. The Morgan fingerprint density at radius 3 is 2.62 bits per heavy atom. The van der Waals surface area contributed by atoms with Crippen LogP contribution < -0.4 is 10.6 Å². The van der Waals surface area contributed by atoms with Crippen molar-refractivity contribution in [3.8, 4) is 0 Å². The van der Waals surface area contributed by atoms with E-state index in [1.54, 1.807) is 0 Å². The summed E-state index contributed by atoms with van der Waals surface area (Å²) < 4.78 is 0. The van der Waals surface area contributed by atoms with Crippen LogP contribution in [0.2, 0.25) is 0 Å². The molecule has 1 saturated carbocycles. The van der Waals surface area contributed by atoms with Gasteiger partial charge < -0.3 is 10.6 Å². The molecule has 0 bridgehead atoms. The lowest BCUT2D eigenvalue weighted by Gasteiger charge is -2.26. The highest BCUT2D eigenvalue weighted by Gasteiger charge is 2.29. The highest BCUT2D eigenvalue weighted by molar-refractivity contribution is 5.79. The smallest absolute Gasteiger partial charge is 0.224 e. The number of amides is 1. The molecule has 2 aliphatic rings. The van der Waals surface area contributed by atoms with Crippen molar-refractivity contribution >= 4 is 5.91 Å². The summed E-state index contributed by atoms with van der Waals surface area (Å²) in [5.41, 5.74) is 0. The Balaban J connectivity index is 1.75. The number of nitrogens with one attached hydrogen (secondary N) is 2. The van der Waals surface area contributed by atoms with Crippen LogP contribution in [0.4, 0.5) is 0 Å². The van der Waals surface area contributed by atoms with Crippen LogP contribution >= 0.6 is 0 Å². The van der Waals surface area contributed by atoms with Crippen LogP contribution in [0.15, 0.2) is 0 Å². The topological polar surface area (TPSA) is 41.1 Å². The predicted octanol–water partition coefficient (Wildman–Crippen LogP) is 0.653. The van der Waals surface area contributed by atoms with E-state index in [9.17, 15) is 4.79 Å². The maximum absolute atomic E-state index is 11.6. The van der Waals surface area contributed by atoms with Crippen LogP contribution in [0.5, 0.6) is 0 Å². The van der Waals surface area contributed by atoms with Gasteiger partial charge in [0.25, 0.3) is 0 Å². The monoisotopic (exact) mass is 182 g/mol. The van der Waals surface area contributed by atoms with Gasteiger partial charge in [-0.25, -0.2) is 0 Å². The van der Waals surface area contributed by atoms with Gasteiger partial charge in [-0.1, -0.05) is 0 Å². The van der Waals surface area contributed by atoms with E-state index >= 15 is 0 Å². The largest absolute Gasteiger partial charge is 0.353 e. The molecule has 3 nitrogen and oxygen atoms in total. The molecule has 1 saturated heterocycles. The van der Waals surface area contributed by atoms with E-state index in [-0.39, 0.29) is 11.8 Å². The fourth-order valence-corrected chi connectivity index (χ4v) is 1.77. The van der Waals surface area contributed by atoms with Crippen molar-refractivity contribution < 1.29 is 4.79 Å². The highest BCUT2D eigenvalue weighted by Crippen LogP contribution is 2.21. The fourth-order valence-electron chi connectivity index (χ4n) is 1.77. The molecule has 0 aromatic heterocycles. The Kier molecular flexibility index (Phi) is 2.54. The van der Waals surface area contributed by atoms with Gasteiger partial charge in [-0.05, 0) is 32.6 Å². The van der Waals surface area contributed by atoms with Gasteiger partial charge in [0.05, 0.1) is 5.92 Å². The van der Waals surface area contributed by atoms with Gasteiger partial charge in [-0.15, -0.1) is 0 Å². The van der Waals surface area contributed by atoms with Crippen molar-refractivity contribution in [3.05, 3.63) is 0 Å². The standard InChI is InChI=1S/C10H18N2O/c1-7-2-3-8(6-11-7)10(13)12-9-4-5-9/h7-9,11H,2-6H2,1H3,(H,12,13)/t7-,8-/m0/s1. The van der Waals surface area contributed by atoms with Crippen molar-refractivity contribution in [1.82, 2.24) is 10.6 Å². The lowest BCUT2D eigenvalue weighted by atomic mass is 9.95. The van der Waals surface area contributed by atoms with Crippen molar-refractivity contribution in [2.75, 3.05) is 6.54 Å². The average molecular weight is 182 g/mol. The molecule has 1 aliphatic heterocycles. The number of carbonyl (C=O) groups excluding carboxylic acids is 1. The van der Waals surface area contributed by atoms with E-state index in [2.05, 4.69) is 17.6 Å². The van der Waals surface area contributed by atoms with Gasteiger partial charge in [0.2, 0.25) is 5.91 Å². The molecule has 1 heterocycles. The lowest BCUT2D eigenvalue weighted by molar-refractivity contribution is -0.125. The molecule has 1 aliphatic carbocycles. The number of rotatable bonds is 2. The molecule has 2 rings (SSSR count). The zero-order valence-corrected chi connectivity index (χ0v) is 8.18. The minimum absolute atomic E-state index is 0.219. The number of hydrogen-bond donors (Lipinski definition) is 2. The van der Waals surface area contributed by atoms with Crippen LogP contribution in [-0.2, 0) is 4.79 Å². The summed E-state index contributed by atoms with van der Waals surface area (Å²) in [6, 6.07) is 1.09. The summed E-state index contributed by atoms with van der Waals surface area (Å²) in [7, 11) is 0. The number of carbonyl (C=O) groups is 1. The lowest BCUT2D eigenvalue weighted by Crippen LogP contribution is -2.44. The van der Waals surface area contributed by atoms with Crippen molar-refractivity contribution in [3.63, 3.8) is 0 Å². The van der Waals surface area contributed by atoms with Crippen LogP contribution in [0.25, 0.3) is 0 Å². The second-order valence-corrected chi connectivity index (χ2v) is 4.37. The molecule has 74 valence electrons. The SMILES string of the molecule is C[C@H]1CC[C@H](C(=O)NC2CC2)CN1. The quantitative estimate of drug-likeness (QED) is 0.658. The first-order chi connectivity index (χ1) is 6.25. The van der Waals surface area contributed by atoms with E-state index < -0.39 is 0 Å². The summed E-state index contributed by atoms with van der Waals surface area (Å²) in [4.78, 5) is 11.6. The molecule has 0 aromatic rings. The van der Waals surface area contributed by atoms with Gasteiger partial charge in [0.15, 0.2) is 0 Å². The van der Waals surface area contributed by atoms with E-state index in [0.717, 1.165) is 19.4 Å². The summed E-state index contributed by atoms with van der Waals surface area (Å²) in [6.07, 6.45) is 4.54. The first-order valence-electron chi connectivity index (χ1n) is 5.29.